The van der Waals surface area contributed by atoms with Gasteiger partial charge >= 0.3 is 0 Å². The molecule has 0 radical (unpaired) electrons. The molecule has 0 saturated heterocycles. The lowest BCUT2D eigenvalue weighted by Crippen LogP contribution is -2.18. The summed E-state index contributed by atoms with van der Waals surface area (Å²) in [4.78, 5) is 4.19. The summed E-state index contributed by atoms with van der Waals surface area (Å²) >= 11 is 1.83. The van der Waals surface area contributed by atoms with Crippen LogP contribution in [0.1, 0.15) is 12.6 Å². The van der Waals surface area contributed by atoms with E-state index in [2.05, 4.69) is 23.5 Å². The zero-order chi connectivity index (χ0) is 11.3. The molecule has 1 N–H and O–H groups in total. The fourth-order valence-electron chi connectivity index (χ4n) is 1.38. The van der Waals surface area contributed by atoms with Crippen molar-refractivity contribution in [1.29, 1.82) is 0 Å². The maximum atomic E-state index is 5.25. The summed E-state index contributed by atoms with van der Waals surface area (Å²) in [5.41, 5.74) is 2.02. The predicted octanol–water partition coefficient (Wildman–Crippen LogP) is 2.56. The second-order valence-corrected chi connectivity index (χ2v) is 4.44. The highest BCUT2D eigenvalue weighted by Gasteiger charge is 2.07. The molecule has 1 aromatic heterocycles. The summed E-state index contributed by atoms with van der Waals surface area (Å²) in [5.74, 6) is 1.87. The summed E-state index contributed by atoms with van der Waals surface area (Å²) in [6.07, 6.45) is 3.86. The van der Waals surface area contributed by atoms with Gasteiger partial charge in [-0.2, -0.15) is 11.8 Å². The zero-order valence-electron chi connectivity index (χ0n) is 9.70. The van der Waals surface area contributed by atoms with Gasteiger partial charge in [0.25, 0.3) is 0 Å². The molecule has 0 bridgehead atoms. The number of nitrogens with one attached hydrogen (secondary N) is 1. The van der Waals surface area contributed by atoms with E-state index in [1.165, 1.54) is 0 Å². The largest absolute Gasteiger partial charge is 0.493 e. The van der Waals surface area contributed by atoms with Crippen molar-refractivity contribution in [1.82, 2.24) is 4.98 Å². The molecular weight excluding hydrogens is 208 g/mol. The zero-order valence-corrected chi connectivity index (χ0v) is 10.5. The van der Waals surface area contributed by atoms with E-state index in [0.717, 1.165) is 22.9 Å². The average Bonchev–Trinajstić information content (AvgIpc) is 2.18. The van der Waals surface area contributed by atoms with Gasteiger partial charge in [0.05, 0.1) is 19.0 Å². The molecule has 1 atom stereocenters. The van der Waals surface area contributed by atoms with Crippen LogP contribution in [0.3, 0.4) is 0 Å². The molecule has 0 aromatic carbocycles. The van der Waals surface area contributed by atoms with Gasteiger partial charge in [-0.05, 0) is 26.2 Å². The highest BCUT2D eigenvalue weighted by atomic mass is 32.2. The Bertz CT molecular complexity index is 317. The van der Waals surface area contributed by atoms with Crippen LogP contribution in [-0.2, 0) is 0 Å². The van der Waals surface area contributed by atoms with Crippen molar-refractivity contribution in [3.05, 3.63) is 18.0 Å². The van der Waals surface area contributed by atoms with Gasteiger partial charge < -0.3 is 10.1 Å². The molecule has 4 heteroatoms. The first kappa shape index (κ1) is 12.2. The van der Waals surface area contributed by atoms with Crippen molar-refractivity contribution in [2.24, 2.45) is 0 Å². The molecule has 0 spiro atoms. The van der Waals surface area contributed by atoms with E-state index in [0.29, 0.717) is 6.04 Å². The Morgan fingerprint density at radius 2 is 2.33 bits per heavy atom. The SMILES string of the molecule is COc1cnc(C)cc1NC(C)CSC. The molecule has 15 heavy (non-hydrogen) atoms. The van der Waals surface area contributed by atoms with Crippen LogP contribution >= 0.6 is 11.8 Å². The molecule has 0 aliphatic carbocycles. The predicted molar refractivity (Wildman–Crippen MR) is 67.0 cm³/mol. The number of methoxy groups -OCH3 is 1. The fraction of sp³-hybridized carbons (Fsp3) is 0.545. The van der Waals surface area contributed by atoms with Gasteiger partial charge in [0.2, 0.25) is 0 Å². The average molecular weight is 226 g/mol. The Morgan fingerprint density at radius 3 is 2.93 bits per heavy atom. The number of hydrogen-bond donors (Lipinski definition) is 1. The molecule has 0 aliphatic rings. The number of thioether (sulfide) groups is 1. The maximum absolute atomic E-state index is 5.25. The number of ether oxygens (including phenoxy) is 1. The van der Waals surface area contributed by atoms with Gasteiger partial charge in [-0.15, -0.1) is 0 Å². The molecule has 1 aromatic rings. The van der Waals surface area contributed by atoms with Crippen LogP contribution in [-0.4, -0.2) is 30.1 Å². The Labute approximate surface area is 95.6 Å². The van der Waals surface area contributed by atoms with Gasteiger partial charge in [0.15, 0.2) is 5.75 Å². The summed E-state index contributed by atoms with van der Waals surface area (Å²) in [5, 5.41) is 3.42. The topological polar surface area (TPSA) is 34.1 Å². The minimum atomic E-state index is 0.427. The number of rotatable bonds is 5. The van der Waals surface area contributed by atoms with Gasteiger partial charge in [-0.25, -0.2) is 0 Å². The fourth-order valence-corrected chi connectivity index (χ4v) is 1.96. The van der Waals surface area contributed by atoms with E-state index in [-0.39, 0.29) is 0 Å². The van der Waals surface area contributed by atoms with Crippen molar-refractivity contribution < 1.29 is 4.74 Å². The van der Waals surface area contributed by atoms with Gasteiger partial charge in [-0.3, -0.25) is 4.98 Å². The molecule has 0 amide bonds. The molecule has 1 rings (SSSR count). The van der Waals surface area contributed by atoms with Crippen LogP contribution < -0.4 is 10.1 Å². The van der Waals surface area contributed by atoms with E-state index < -0.39 is 0 Å². The number of anilines is 1. The first-order valence-electron chi connectivity index (χ1n) is 4.93. The van der Waals surface area contributed by atoms with Crippen LogP contribution in [0.25, 0.3) is 0 Å². The molecule has 1 heterocycles. The molecular formula is C11H18N2OS. The molecule has 0 fully saturated rings. The summed E-state index contributed by atoms with van der Waals surface area (Å²) < 4.78 is 5.25. The summed E-state index contributed by atoms with van der Waals surface area (Å²) in [7, 11) is 1.66. The third-order valence-electron chi connectivity index (χ3n) is 2.04. The van der Waals surface area contributed by atoms with E-state index in [9.17, 15) is 0 Å². The lowest BCUT2D eigenvalue weighted by Gasteiger charge is -2.16. The number of pyridine rings is 1. The number of nitrogens with zero attached hydrogens (tertiary/aromatic N) is 1. The van der Waals surface area contributed by atoms with Crippen molar-refractivity contribution in [3.63, 3.8) is 0 Å². The van der Waals surface area contributed by atoms with Crippen molar-refractivity contribution in [3.8, 4) is 5.75 Å². The minimum absolute atomic E-state index is 0.427. The van der Waals surface area contributed by atoms with E-state index in [1.807, 2.05) is 24.8 Å². The van der Waals surface area contributed by atoms with Gasteiger partial charge in [0, 0.05) is 17.5 Å². The second-order valence-electron chi connectivity index (χ2n) is 3.53. The Morgan fingerprint density at radius 1 is 1.60 bits per heavy atom. The van der Waals surface area contributed by atoms with E-state index in [4.69, 9.17) is 4.74 Å². The van der Waals surface area contributed by atoms with Crippen LogP contribution in [0.4, 0.5) is 5.69 Å². The number of aryl methyl sites for hydroxylation is 1. The third kappa shape index (κ3) is 3.63. The van der Waals surface area contributed by atoms with Crippen LogP contribution in [0.15, 0.2) is 12.3 Å². The van der Waals surface area contributed by atoms with E-state index in [1.54, 1.807) is 13.3 Å². The standard InChI is InChI=1S/C11H18N2OS/c1-8-5-10(11(14-3)6-12-8)13-9(2)7-15-4/h5-6,9H,7H2,1-4H3,(H,12,13). The Balaban J connectivity index is 2.77. The van der Waals surface area contributed by atoms with Crippen molar-refractivity contribution in [2.75, 3.05) is 24.4 Å². The van der Waals surface area contributed by atoms with Crippen LogP contribution in [0.2, 0.25) is 0 Å². The molecule has 0 saturated carbocycles. The van der Waals surface area contributed by atoms with Crippen LogP contribution in [0.5, 0.6) is 5.75 Å². The van der Waals surface area contributed by atoms with Crippen LogP contribution in [0, 0.1) is 6.92 Å². The second kappa shape index (κ2) is 5.85. The highest BCUT2D eigenvalue weighted by molar-refractivity contribution is 7.98. The molecule has 3 nitrogen and oxygen atoms in total. The van der Waals surface area contributed by atoms with Crippen molar-refractivity contribution in [2.45, 2.75) is 19.9 Å². The monoisotopic (exact) mass is 226 g/mol. The van der Waals surface area contributed by atoms with Gasteiger partial charge in [-0.1, -0.05) is 0 Å². The first-order valence-corrected chi connectivity index (χ1v) is 6.33. The summed E-state index contributed by atoms with van der Waals surface area (Å²) in [6.45, 7) is 4.13. The number of hydrogen-bond acceptors (Lipinski definition) is 4. The number of aromatic nitrogens is 1. The maximum Gasteiger partial charge on any atom is 0.160 e. The van der Waals surface area contributed by atoms with E-state index >= 15 is 0 Å². The van der Waals surface area contributed by atoms with Gasteiger partial charge in [0.1, 0.15) is 0 Å². The summed E-state index contributed by atoms with van der Waals surface area (Å²) in [6, 6.07) is 2.44. The third-order valence-corrected chi connectivity index (χ3v) is 2.88. The first-order chi connectivity index (χ1) is 7.17. The van der Waals surface area contributed by atoms with Crippen molar-refractivity contribution >= 4 is 17.4 Å². The molecule has 0 aliphatic heterocycles. The lowest BCUT2D eigenvalue weighted by atomic mass is 10.3. The molecule has 84 valence electrons. The minimum Gasteiger partial charge on any atom is -0.493 e. The molecule has 1 unspecified atom stereocenters. The normalized spacial score (nSPS) is 12.3. The lowest BCUT2D eigenvalue weighted by molar-refractivity contribution is 0.414. The Hall–Kier alpha value is -0.900. The quantitative estimate of drug-likeness (QED) is 0.836. The highest BCUT2D eigenvalue weighted by Crippen LogP contribution is 2.24. The Kier molecular flexibility index (Phi) is 4.75. The smallest absolute Gasteiger partial charge is 0.160 e.